The topological polar surface area (TPSA) is 72.9 Å². The molecule has 0 bridgehead atoms. The van der Waals surface area contributed by atoms with Gasteiger partial charge in [0.05, 0.1) is 29.8 Å². The van der Waals surface area contributed by atoms with E-state index in [1.807, 2.05) is 0 Å². The van der Waals surface area contributed by atoms with E-state index in [2.05, 4.69) is 13.8 Å². The summed E-state index contributed by atoms with van der Waals surface area (Å²) in [5.41, 5.74) is 0.554. The van der Waals surface area contributed by atoms with E-state index in [0.29, 0.717) is 42.3 Å². The zero-order chi connectivity index (χ0) is 18.4. The van der Waals surface area contributed by atoms with Crippen molar-refractivity contribution in [2.75, 3.05) is 6.61 Å². The number of rotatable bonds is 4. The van der Waals surface area contributed by atoms with E-state index in [4.69, 9.17) is 9.57 Å². The van der Waals surface area contributed by atoms with Gasteiger partial charge in [-0.15, -0.1) is 0 Å². The molecule has 4 rings (SSSR count). The molecule has 0 radical (unpaired) electrons. The monoisotopic (exact) mass is 357 g/mol. The van der Waals surface area contributed by atoms with Crippen molar-refractivity contribution in [3.05, 3.63) is 35.4 Å². The van der Waals surface area contributed by atoms with Crippen LogP contribution in [0.25, 0.3) is 0 Å². The maximum atomic E-state index is 12.6. The van der Waals surface area contributed by atoms with E-state index < -0.39 is 17.8 Å². The number of hydroxylamine groups is 2. The largest absolute Gasteiger partial charge is 0.378 e. The Morgan fingerprint density at radius 3 is 2.46 bits per heavy atom. The molecule has 1 aromatic rings. The normalized spacial score (nSPS) is 30.0. The van der Waals surface area contributed by atoms with Crippen molar-refractivity contribution >= 4 is 17.8 Å². The van der Waals surface area contributed by atoms with E-state index in [0.717, 1.165) is 6.42 Å². The van der Waals surface area contributed by atoms with Crippen LogP contribution < -0.4 is 0 Å². The molecule has 4 atom stereocenters. The van der Waals surface area contributed by atoms with Crippen molar-refractivity contribution in [1.82, 2.24) is 5.06 Å². The summed E-state index contributed by atoms with van der Waals surface area (Å²) >= 11 is 0. The lowest BCUT2D eigenvalue weighted by molar-refractivity contribution is -0.174. The molecule has 1 aliphatic carbocycles. The summed E-state index contributed by atoms with van der Waals surface area (Å²) in [6.45, 7) is 5.01. The van der Waals surface area contributed by atoms with Gasteiger partial charge in [-0.05, 0) is 49.1 Å². The standard InChI is InChI=1S/C20H23NO5/c1-11(2)7-17-16-9-12(8-13(16)10-25-17)20(24)26-21-18(22)14-5-3-4-6-15(14)19(21)23/h3-6,11-13,16-17H,7-10H2,1-2H3. The maximum absolute atomic E-state index is 12.6. The van der Waals surface area contributed by atoms with Crippen LogP contribution in [0, 0.1) is 23.7 Å². The molecule has 2 heterocycles. The molecular formula is C20H23NO5. The van der Waals surface area contributed by atoms with Crippen molar-refractivity contribution in [1.29, 1.82) is 0 Å². The first-order valence-corrected chi connectivity index (χ1v) is 9.27. The number of hydrogen-bond donors (Lipinski definition) is 0. The predicted molar refractivity (Wildman–Crippen MR) is 91.9 cm³/mol. The highest BCUT2D eigenvalue weighted by Crippen LogP contribution is 2.46. The van der Waals surface area contributed by atoms with Crippen molar-refractivity contribution < 1.29 is 24.0 Å². The molecule has 26 heavy (non-hydrogen) atoms. The minimum absolute atomic E-state index is 0.192. The van der Waals surface area contributed by atoms with Gasteiger partial charge >= 0.3 is 5.97 Å². The van der Waals surface area contributed by atoms with Crippen LogP contribution in [0.15, 0.2) is 24.3 Å². The lowest BCUT2D eigenvalue weighted by atomic mass is 9.89. The Labute approximate surface area is 152 Å². The SMILES string of the molecule is CC(C)CC1OCC2CC(C(=O)ON3C(=O)c4ccccc4C3=O)CC21. The maximum Gasteiger partial charge on any atom is 0.336 e. The van der Waals surface area contributed by atoms with Gasteiger partial charge in [0.25, 0.3) is 11.8 Å². The fourth-order valence-electron chi connectivity index (χ4n) is 4.49. The first-order valence-electron chi connectivity index (χ1n) is 9.27. The van der Waals surface area contributed by atoms with Gasteiger partial charge in [0, 0.05) is 0 Å². The van der Waals surface area contributed by atoms with E-state index in [-0.39, 0.29) is 23.1 Å². The fraction of sp³-hybridized carbons (Fsp3) is 0.550. The van der Waals surface area contributed by atoms with Gasteiger partial charge in [0.1, 0.15) is 0 Å². The second-order valence-corrected chi connectivity index (χ2v) is 7.95. The predicted octanol–water partition coefficient (Wildman–Crippen LogP) is 2.83. The van der Waals surface area contributed by atoms with Crippen molar-refractivity contribution in [3.8, 4) is 0 Å². The molecule has 138 valence electrons. The second-order valence-electron chi connectivity index (χ2n) is 7.95. The van der Waals surface area contributed by atoms with Gasteiger partial charge in [-0.1, -0.05) is 31.0 Å². The van der Waals surface area contributed by atoms with Gasteiger partial charge in [0.15, 0.2) is 0 Å². The van der Waals surface area contributed by atoms with Crippen LogP contribution in [0.5, 0.6) is 0 Å². The van der Waals surface area contributed by atoms with Crippen LogP contribution in [-0.4, -0.2) is 35.6 Å². The van der Waals surface area contributed by atoms with Crippen LogP contribution in [0.4, 0.5) is 0 Å². The molecule has 6 nitrogen and oxygen atoms in total. The number of carbonyl (C=O) groups is 3. The van der Waals surface area contributed by atoms with Crippen LogP contribution in [0.1, 0.15) is 53.8 Å². The van der Waals surface area contributed by atoms with E-state index in [9.17, 15) is 14.4 Å². The zero-order valence-electron chi connectivity index (χ0n) is 15.0. The number of ether oxygens (including phenoxy) is 1. The lowest BCUT2D eigenvalue weighted by Crippen LogP contribution is -2.35. The molecule has 1 saturated carbocycles. The number of amides is 2. The van der Waals surface area contributed by atoms with Crippen LogP contribution in [0.2, 0.25) is 0 Å². The van der Waals surface area contributed by atoms with Crippen LogP contribution in [-0.2, 0) is 14.4 Å². The molecule has 2 aliphatic heterocycles. The third kappa shape index (κ3) is 2.82. The van der Waals surface area contributed by atoms with Crippen LogP contribution >= 0.6 is 0 Å². The highest BCUT2D eigenvalue weighted by atomic mass is 16.7. The third-order valence-corrected chi connectivity index (χ3v) is 5.73. The smallest absolute Gasteiger partial charge is 0.336 e. The van der Waals surface area contributed by atoms with Gasteiger partial charge in [-0.3, -0.25) is 9.59 Å². The van der Waals surface area contributed by atoms with Gasteiger partial charge in [-0.2, -0.15) is 0 Å². The number of nitrogens with zero attached hydrogens (tertiary/aromatic N) is 1. The minimum atomic E-state index is -0.571. The van der Waals surface area contributed by atoms with Crippen molar-refractivity contribution in [2.24, 2.45) is 23.7 Å². The molecule has 3 aliphatic rings. The Kier molecular flexibility index (Phi) is 4.31. The first kappa shape index (κ1) is 17.2. The number of imide groups is 1. The van der Waals surface area contributed by atoms with Gasteiger partial charge in [0.2, 0.25) is 0 Å². The minimum Gasteiger partial charge on any atom is -0.378 e. The van der Waals surface area contributed by atoms with E-state index in [1.54, 1.807) is 24.3 Å². The second kappa shape index (κ2) is 6.50. The highest BCUT2D eigenvalue weighted by molar-refractivity contribution is 6.20. The van der Waals surface area contributed by atoms with Crippen molar-refractivity contribution in [3.63, 3.8) is 0 Å². The molecule has 6 heteroatoms. The van der Waals surface area contributed by atoms with E-state index in [1.165, 1.54) is 0 Å². The van der Waals surface area contributed by atoms with E-state index >= 15 is 0 Å². The molecule has 2 amide bonds. The summed E-state index contributed by atoms with van der Waals surface area (Å²) in [7, 11) is 0. The Bertz CT molecular complexity index is 723. The average Bonchev–Trinajstić information content (AvgIpc) is 3.25. The summed E-state index contributed by atoms with van der Waals surface area (Å²) in [5, 5.41) is 0.614. The Morgan fingerprint density at radius 2 is 1.85 bits per heavy atom. The molecular weight excluding hydrogens is 334 g/mol. The van der Waals surface area contributed by atoms with Gasteiger partial charge in [-0.25, -0.2) is 4.79 Å². The number of carbonyl (C=O) groups excluding carboxylic acids is 3. The molecule has 0 spiro atoms. The summed E-state index contributed by atoms with van der Waals surface area (Å²) < 4.78 is 5.90. The molecule has 1 aromatic carbocycles. The molecule has 0 N–H and O–H groups in total. The number of benzene rings is 1. The zero-order valence-corrected chi connectivity index (χ0v) is 15.0. The number of fused-ring (bicyclic) bond motifs is 2. The summed E-state index contributed by atoms with van der Waals surface area (Å²) in [5.74, 6) is -0.653. The fourth-order valence-corrected chi connectivity index (χ4v) is 4.49. The molecule has 1 saturated heterocycles. The molecule has 4 unspecified atom stereocenters. The summed E-state index contributed by atoms with van der Waals surface area (Å²) in [6.07, 6.45) is 2.57. The highest BCUT2D eigenvalue weighted by Gasteiger charge is 2.48. The third-order valence-electron chi connectivity index (χ3n) is 5.73. The quantitative estimate of drug-likeness (QED) is 0.775. The van der Waals surface area contributed by atoms with Gasteiger partial charge < -0.3 is 9.57 Å². The lowest BCUT2D eigenvalue weighted by Gasteiger charge is -2.20. The average molecular weight is 357 g/mol. The summed E-state index contributed by atoms with van der Waals surface area (Å²) in [4.78, 5) is 42.5. The summed E-state index contributed by atoms with van der Waals surface area (Å²) in [6, 6.07) is 6.50. The Morgan fingerprint density at radius 1 is 1.19 bits per heavy atom. The molecule has 2 fully saturated rings. The Hall–Kier alpha value is -2.21. The van der Waals surface area contributed by atoms with Crippen LogP contribution in [0.3, 0.4) is 0 Å². The molecule has 0 aromatic heterocycles. The Balaban J connectivity index is 1.41. The van der Waals surface area contributed by atoms with Crippen molar-refractivity contribution in [2.45, 2.75) is 39.2 Å². The first-order chi connectivity index (χ1) is 12.5. The number of hydrogen-bond acceptors (Lipinski definition) is 5.